The quantitative estimate of drug-likeness (QED) is 0.315. The predicted octanol–water partition coefficient (Wildman–Crippen LogP) is 7.50. The lowest BCUT2D eigenvalue weighted by Crippen LogP contribution is -2.09. The Morgan fingerprint density at radius 1 is 0.939 bits per heavy atom. The number of aromatic nitrogens is 1. The van der Waals surface area contributed by atoms with Crippen LogP contribution in [-0.2, 0) is 12.6 Å². The zero-order valence-electron chi connectivity index (χ0n) is 17.6. The van der Waals surface area contributed by atoms with Crippen LogP contribution in [0.2, 0.25) is 0 Å². The van der Waals surface area contributed by atoms with Crippen LogP contribution < -0.4 is 0 Å². The van der Waals surface area contributed by atoms with E-state index in [4.69, 9.17) is 0 Å². The van der Waals surface area contributed by atoms with Crippen LogP contribution in [0.25, 0.3) is 10.9 Å². The summed E-state index contributed by atoms with van der Waals surface area (Å²) in [5, 5.41) is 10.6. The molecule has 0 bridgehead atoms. The van der Waals surface area contributed by atoms with E-state index < -0.39 is 17.9 Å². The molecule has 1 heterocycles. The molecule has 2 unspecified atom stereocenters. The van der Waals surface area contributed by atoms with Gasteiger partial charge in [-0.2, -0.15) is 13.2 Å². The van der Waals surface area contributed by atoms with Gasteiger partial charge in [-0.1, -0.05) is 37.3 Å². The highest BCUT2D eigenvalue weighted by Gasteiger charge is 2.31. The van der Waals surface area contributed by atoms with Gasteiger partial charge >= 0.3 is 6.18 Å². The maximum atomic E-state index is 15.7. The molecule has 3 aromatic carbocycles. The smallest absolute Gasteiger partial charge is 0.416 e. The summed E-state index contributed by atoms with van der Waals surface area (Å²) >= 11 is 0. The first-order chi connectivity index (χ1) is 15.6. The van der Waals surface area contributed by atoms with E-state index >= 15 is 4.39 Å². The Bertz CT molecular complexity index is 1270. The molecule has 0 spiro atoms. The summed E-state index contributed by atoms with van der Waals surface area (Å²) in [4.78, 5) is 4.60. The Morgan fingerprint density at radius 2 is 1.61 bits per heavy atom. The van der Waals surface area contributed by atoms with Gasteiger partial charge < -0.3 is 5.11 Å². The molecule has 0 fully saturated rings. The first-order valence-corrected chi connectivity index (χ1v) is 10.3. The number of hydrogen-bond donors (Lipinski definition) is 1. The Balaban J connectivity index is 1.77. The molecule has 0 aliphatic carbocycles. The van der Waals surface area contributed by atoms with E-state index in [0.717, 1.165) is 29.8 Å². The number of hydrogen-bond acceptors (Lipinski definition) is 2. The number of phenols is 1. The van der Waals surface area contributed by atoms with Crippen LogP contribution in [0.4, 0.5) is 22.0 Å². The van der Waals surface area contributed by atoms with Crippen LogP contribution in [0.5, 0.6) is 5.75 Å². The molecule has 1 aromatic heterocycles. The Labute approximate surface area is 187 Å². The molecule has 2 nitrogen and oxygen atoms in total. The van der Waals surface area contributed by atoms with Crippen molar-refractivity contribution < 1.29 is 27.1 Å². The highest BCUT2D eigenvalue weighted by atomic mass is 19.4. The summed E-state index contributed by atoms with van der Waals surface area (Å²) in [6.45, 7) is 1.85. The van der Waals surface area contributed by atoms with Crippen LogP contribution in [0.15, 0.2) is 72.8 Å². The molecule has 4 rings (SSSR count). The van der Waals surface area contributed by atoms with Crippen molar-refractivity contribution in [1.82, 2.24) is 4.98 Å². The molecule has 2 atom stereocenters. The van der Waals surface area contributed by atoms with Gasteiger partial charge in [0.1, 0.15) is 11.6 Å². The summed E-state index contributed by atoms with van der Waals surface area (Å²) in [6.07, 6.45) is -5.82. The van der Waals surface area contributed by atoms with E-state index in [0.29, 0.717) is 23.0 Å². The molecule has 1 N–H and O–H groups in total. The molecular formula is C26H20F5NO. The monoisotopic (exact) mass is 457 g/mol. The van der Waals surface area contributed by atoms with Gasteiger partial charge in [0.2, 0.25) is 0 Å². The van der Waals surface area contributed by atoms with Gasteiger partial charge in [-0.15, -0.1) is 0 Å². The molecule has 0 amide bonds. The van der Waals surface area contributed by atoms with Gasteiger partial charge in [-0.3, -0.25) is 4.98 Å². The lowest BCUT2D eigenvalue weighted by molar-refractivity contribution is -0.137. The van der Waals surface area contributed by atoms with E-state index in [1.165, 1.54) is 24.3 Å². The normalized spacial score (nSPS) is 13.8. The fourth-order valence-electron chi connectivity index (χ4n) is 3.90. The lowest BCUT2D eigenvalue weighted by atomic mass is 9.90. The van der Waals surface area contributed by atoms with Gasteiger partial charge in [0.05, 0.1) is 16.8 Å². The van der Waals surface area contributed by atoms with Crippen LogP contribution in [0, 0.1) is 5.82 Å². The molecule has 0 saturated heterocycles. The number of rotatable bonds is 5. The summed E-state index contributed by atoms with van der Waals surface area (Å²) in [5.41, 5.74) is 1.08. The van der Waals surface area contributed by atoms with Crippen LogP contribution >= 0.6 is 0 Å². The fraction of sp³-hybridized carbons (Fsp3) is 0.192. The first kappa shape index (κ1) is 22.7. The second kappa shape index (κ2) is 8.81. The molecular weight excluding hydrogens is 437 g/mol. The minimum atomic E-state index is -4.52. The van der Waals surface area contributed by atoms with Gasteiger partial charge in [0.25, 0.3) is 0 Å². The van der Waals surface area contributed by atoms with Crippen molar-refractivity contribution in [2.45, 2.75) is 31.6 Å². The molecule has 170 valence electrons. The summed E-state index contributed by atoms with van der Waals surface area (Å²) in [5.74, 6) is -0.721. The predicted molar refractivity (Wildman–Crippen MR) is 116 cm³/mol. The molecule has 0 saturated carbocycles. The highest BCUT2D eigenvalue weighted by molar-refractivity contribution is 5.85. The molecule has 0 aliphatic heterocycles. The topological polar surface area (TPSA) is 33.1 Å². The van der Waals surface area contributed by atoms with Crippen molar-refractivity contribution in [1.29, 1.82) is 0 Å². The standard InChI is InChI=1S/C26H20F5NO/c1-15(13-16-5-11-19(27)12-6-16)25-21(14-20-22(32-25)3-2-4-23(20)33)24(28)17-7-9-18(10-8-17)26(29,30)31/h2-12,14-15,24,33H,13H2,1H3. The SMILES string of the molecule is CC(Cc1ccc(F)cc1)c1nc2cccc(O)c2cc1C(F)c1ccc(C(F)(F)F)cc1. The van der Waals surface area contributed by atoms with Crippen molar-refractivity contribution in [3.63, 3.8) is 0 Å². The maximum Gasteiger partial charge on any atom is 0.416 e. The van der Waals surface area contributed by atoms with Crippen molar-refractivity contribution >= 4 is 10.9 Å². The Morgan fingerprint density at radius 3 is 2.24 bits per heavy atom. The van der Waals surface area contributed by atoms with Crippen LogP contribution in [0.1, 0.15) is 47.0 Å². The molecule has 4 aromatic rings. The minimum Gasteiger partial charge on any atom is -0.507 e. The van der Waals surface area contributed by atoms with E-state index in [2.05, 4.69) is 4.98 Å². The zero-order chi connectivity index (χ0) is 23.8. The van der Waals surface area contributed by atoms with E-state index in [9.17, 15) is 22.7 Å². The number of nitrogens with zero attached hydrogens (tertiary/aromatic N) is 1. The zero-order valence-corrected chi connectivity index (χ0v) is 17.6. The number of fused-ring (bicyclic) bond motifs is 1. The molecule has 7 heteroatoms. The molecule has 33 heavy (non-hydrogen) atoms. The average Bonchev–Trinajstić information content (AvgIpc) is 2.79. The first-order valence-electron chi connectivity index (χ1n) is 10.3. The number of benzene rings is 3. The van der Waals surface area contributed by atoms with E-state index in [1.807, 2.05) is 6.92 Å². The van der Waals surface area contributed by atoms with Gasteiger partial charge in [0.15, 0.2) is 6.17 Å². The van der Waals surface area contributed by atoms with Crippen molar-refractivity contribution in [3.05, 3.63) is 107 Å². The fourth-order valence-corrected chi connectivity index (χ4v) is 3.90. The summed E-state index contributed by atoms with van der Waals surface area (Å²) in [6, 6.07) is 16.1. The molecule has 0 aliphatic rings. The number of aromatic hydroxyl groups is 1. The van der Waals surface area contributed by atoms with Crippen LogP contribution in [0.3, 0.4) is 0 Å². The van der Waals surface area contributed by atoms with Gasteiger partial charge in [-0.25, -0.2) is 8.78 Å². The van der Waals surface area contributed by atoms with Crippen molar-refractivity contribution in [2.24, 2.45) is 0 Å². The number of halogens is 5. The number of pyridine rings is 1. The third kappa shape index (κ3) is 4.82. The summed E-state index contributed by atoms with van der Waals surface area (Å²) in [7, 11) is 0. The van der Waals surface area contributed by atoms with E-state index in [-0.39, 0.29) is 28.6 Å². The second-order valence-electron chi connectivity index (χ2n) is 8.02. The minimum absolute atomic E-state index is 0.0507. The Hall–Kier alpha value is -3.48. The third-order valence-corrected chi connectivity index (χ3v) is 5.62. The molecule has 0 radical (unpaired) electrons. The average molecular weight is 457 g/mol. The second-order valence-corrected chi connectivity index (χ2v) is 8.02. The Kier molecular flexibility index (Phi) is 6.06. The summed E-state index contributed by atoms with van der Waals surface area (Å²) < 4.78 is 67.7. The third-order valence-electron chi connectivity index (χ3n) is 5.62. The number of alkyl halides is 4. The maximum absolute atomic E-state index is 15.7. The van der Waals surface area contributed by atoms with Crippen LogP contribution in [-0.4, -0.2) is 10.1 Å². The highest BCUT2D eigenvalue weighted by Crippen LogP contribution is 2.38. The lowest BCUT2D eigenvalue weighted by Gasteiger charge is -2.20. The van der Waals surface area contributed by atoms with Gasteiger partial charge in [-0.05, 0) is 60.0 Å². The number of phenolic OH excluding ortho intramolecular Hbond substituents is 1. The van der Waals surface area contributed by atoms with Crippen molar-refractivity contribution in [3.8, 4) is 5.75 Å². The van der Waals surface area contributed by atoms with Gasteiger partial charge in [0, 0.05) is 16.9 Å². The van der Waals surface area contributed by atoms with Crippen molar-refractivity contribution in [2.75, 3.05) is 0 Å². The largest absolute Gasteiger partial charge is 0.507 e. The van der Waals surface area contributed by atoms with E-state index in [1.54, 1.807) is 24.3 Å².